The molecule has 0 atom stereocenters. The van der Waals surface area contributed by atoms with E-state index in [0.717, 1.165) is 38.3 Å². The number of carbonyl (C=O) groups excluding carboxylic acids is 1. The summed E-state index contributed by atoms with van der Waals surface area (Å²) in [4.78, 5) is 15.0. The topological polar surface area (TPSA) is 62.8 Å². The van der Waals surface area contributed by atoms with Gasteiger partial charge in [0.1, 0.15) is 0 Å². The second kappa shape index (κ2) is 8.35. The number of carbonyl (C=O) groups is 1. The second-order valence-electron chi connectivity index (χ2n) is 6.54. The van der Waals surface area contributed by atoms with Gasteiger partial charge in [-0.3, -0.25) is 9.69 Å². The van der Waals surface area contributed by atoms with Crippen molar-refractivity contribution in [1.29, 1.82) is 0 Å². The first kappa shape index (κ1) is 18.5. The van der Waals surface area contributed by atoms with Crippen LogP contribution in [0, 0.1) is 0 Å². The van der Waals surface area contributed by atoms with E-state index in [9.17, 15) is 4.79 Å². The molecular weight excluding hydrogens is 306 g/mol. The van der Waals surface area contributed by atoms with E-state index < -0.39 is 5.41 Å². The molecule has 0 aliphatic carbocycles. The van der Waals surface area contributed by atoms with E-state index in [1.165, 1.54) is 0 Å². The lowest BCUT2D eigenvalue weighted by Crippen LogP contribution is -2.48. The summed E-state index contributed by atoms with van der Waals surface area (Å²) >= 11 is 0. The highest BCUT2D eigenvalue weighted by molar-refractivity contribution is 5.87. The molecule has 1 fully saturated rings. The molecule has 0 spiro atoms. The summed E-state index contributed by atoms with van der Waals surface area (Å²) in [5.74, 6) is 1.32. The molecule has 1 aromatic carbocycles. The maximum Gasteiger partial charge on any atom is 0.230 e. The van der Waals surface area contributed by atoms with Crippen LogP contribution in [0.5, 0.6) is 11.5 Å². The minimum Gasteiger partial charge on any atom is -0.493 e. The van der Waals surface area contributed by atoms with Crippen LogP contribution in [0.1, 0.15) is 19.4 Å². The van der Waals surface area contributed by atoms with Crippen LogP contribution in [-0.4, -0.2) is 64.3 Å². The van der Waals surface area contributed by atoms with E-state index in [2.05, 4.69) is 15.5 Å². The number of hydrogen-bond acceptors (Lipinski definition) is 5. The fourth-order valence-corrected chi connectivity index (χ4v) is 2.84. The lowest BCUT2D eigenvalue weighted by molar-refractivity contribution is -0.125. The molecule has 1 heterocycles. The zero-order valence-electron chi connectivity index (χ0n) is 15.1. The number of amides is 1. The lowest BCUT2D eigenvalue weighted by Gasteiger charge is -2.29. The lowest BCUT2D eigenvalue weighted by atomic mass is 9.83. The summed E-state index contributed by atoms with van der Waals surface area (Å²) in [6.07, 6.45) is 0. The number of rotatable bonds is 7. The van der Waals surface area contributed by atoms with Crippen molar-refractivity contribution in [2.75, 3.05) is 53.5 Å². The van der Waals surface area contributed by atoms with Crippen LogP contribution < -0.4 is 20.1 Å². The first-order valence-electron chi connectivity index (χ1n) is 8.43. The Labute approximate surface area is 144 Å². The van der Waals surface area contributed by atoms with E-state index in [4.69, 9.17) is 9.47 Å². The van der Waals surface area contributed by atoms with Crippen LogP contribution >= 0.6 is 0 Å². The highest BCUT2D eigenvalue weighted by atomic mass is 16.5. The Morgan fingerprint density at radius 1 is 1.21 bits per heavy atom. The van der Waals surface area contributed by atoms with Gasteiger partial charge in [0.05, 0.1) is 19.6 Å². The Bertz CT molecular complexity index is 554. The van der Waals surface area contributed by atoms with Crippen LogP contribution in [0.25, 0.3) is 0 Å². The summed E-state index contributed by atoms with van der Waals surface area (Å²) in [7, 11) is 3.20. The normalized spacial score (nSPS) is 15.8. The number of ether oxygens (including phenoxy) is 2. The zero-order chi connectivity index (χ0) is 17.6. The van der Waals surface area contributed by atoms with Gasteiger partial charge in [0.2, 0.25) is 5.91 Å². The number of nitrogens with zero attached hydrogens (tertiary/aromatic N) is 1. The molecular formula is C18H29N3O3. The Kier molecular flexibility index (Phi) is 6.45. The fourth-order valence-electron chi connectivity index (χ4n) is 2.84. The number of benzene rings is 1. The SMILES string of the molecule is COc1ccc(C(C)(C)C(=O)NCCN2CCNCC2)cc1OC. The van der Waals surface area contributed by atoms with Crippen LogP contribution in [0.2, 0.25) is 0 Å². The summed E-state index contributed by atoms with van der Waals surface area (Å²) in [5, 5.41) is 6.39. The molecule has 1 aliphatic heterocycles. The molecule has 1 amide bonds. The van der Waals surface area contributed by atoms with Crippen molar-refractivity contribution in [3.63, 3.8) is 0 Å². The molecule has 6 nitrogen and oxygen atoms in total. The molecule has 6 heteroatoms. The largest absolute Gasteiger partial charge is 0.493 e. The summed E-state index contributed by atoms with van der Waals surface area (Å²) in [6, 6.07) is 5.62. The summed E-state index contributed by atoms with van der Waals surface area (Å²) < 4.78 is 10.6. The van der Waals surface area contributed by atoms with Crippen molar-refractivity contribution in [1.82, 2.24) is 15.5 Å². The van der Waals surface area contributed by atoms with Gasteiger partial charge < -0.3 is 20.1 Å². The molecule has 0 aromatic heterocycles. The van der Waals surface area contributed by atoms with Crippen molar-refractivity contribution >= 4 is 5.91 Å². The molecule has 1 saturated heterocycles. The van der Waals surface area contributed by atoms with Gasteiger partial charge >= 0.3 is 0 Å². The highest BCUT2D eigenvalue weighted by Gasteiger charge is 2.30. The first-order valence-corrected chi connectivity index (χ1v) is 8.43. The third kappa shape index (κ3) is 4.39. The molecule has 1 aromatic rings. The van der Waals surface area contributed by atoms with Gasteiger partial charge in [0.15, 0.2) is 11.5 Å². The van der Waals surface area contributed by atoms with Crippen LogP contribution in [-0.2, 0) is 10.2 Å². The third-order valence-electron chi connectivity index (χ3n) is 4.60. The predicted molar refractivity (Wildman–Crippen MR) is 94.9 cm³/mol. The number of hydrogen-bond donors (Lipinski definition) is 2. The molecule has 0 bridgehead atoms. The third-order valence-corrected chi connectivity index (χ3v) is 4.60. The smallest absolute Gasteiger partial charge is 0.230 e. The summed E-state index contributed by atoms with van der Waals surface area (Å²) in [6.45, 7) is 9.51. The standard InChI is InChI=1S/C18H29N3O3/c1-18(2,14-5-6-15(23-3)16(13-14)24-4)17(22)20-9-12-21-10-7-19-8-11-21/h5-6,13,19H,7-12H2,1-4H3,(H,20,22). The molecule has 0 radical (unpaired) electrons. The number of methoxy groups -OCH3 is 2. The molecule has 1 aliphatic rings. The number of piperazine rings is 1. The predicted octanol–water partition coefficient (Wildman–Crippen LogP) is 1.00. The Balaban J connectivity index is 1.96. The van der Waals surface area contributed by atoms with Crippen molar-refractivity contribution in [3.05, 3.63) is 23.8 Å². The maximum atomic E-state index is 12.6. The molecule has 2 rings (SSSR count). The van der Waals surface area contributed by atoms with E-state index in [1.54, 1.807) is 14.2 Å². The highest BCUT2D eigenvalue weighted by Crippen LogP contribution is 2.33. The number of nitrogens with one attached hydrogen (secondary N) is 2. The van der Waals surface area contributed by atoms with Gasteiger partial charge in [-0.05, 0) is 31.5 Å². The Morgan fingerprint density at radius 3 is 2.50 bits per heavy atom. The first-order chi connectivity index (χ1) is 11.5. The van der Waals surface area contributed by atoms with Gasteiger partial charge in [0, 0.05) is 39.3 Å². The van der Waals surface area contributed by atoms with Crippen molar-refractivity contribution in [2.45, 2.75) is 19.3 Å². The minimum atomic E-state index is -0.636. The van der Waals surface area contributed by atoms with Gasteiger partial charge in [0.25, 0.3) is 0 Å². The maximum absolute atomic E-state index is 12.6. The van der Waals surface area contributed by atoms with Gasteiger partial charge in [-0.25, -0.2) is 0 Å². The molecule has 24 heavy (non-hydrogen) atoms. The van der Waals surface area contributed by atoms with E-state index in [-0.39, 0.29) is 5.91 Å². The monoisotopic (exact) mass is 335 g/mol. The zero-order valence-corrected chi connectivity index (χ0v) is 15.1. The second-order valence-corrected chi connectivity index (χ2v) is 6.54. The van der Waals surface area contributed by atoms with Crippen molar-refractivity contribution in [2.24, 2.45) is 0 Å². The van der Waals surface area contributed by atoms with Crippen LogP contribution in [0.4, 0.5) is 0 Å². The van der Waals surface area contributed by atoms with Crippen LogP contribution in [0.3, 0.4) is 0 Å². The Hall–Kier alpha value is -1.79. The van der Waals surface area contributed by atoms with E-state index >= 15 is 0 Å². The Morgan fingerprint density at radius 2 is 1.88 bits per heavy atom. The average molecular weight is 335 g/mol. The van der Waals surface area contributed by atoms with Gasteiger partial charge in [-0.15, -0.1) is 0 Å². The quantitative estimate of drug-likeness (QED) is 0.778. The van der Waals surface area contributed by atoms with Crippen molar-refractivity contribution < 1.29 is 14.3 Å². The molecule has 2 N–H and O–H groups in total. The van der Waals surface area contributed by atoms with E-state index in [1.807, 2.05) is 32.0 Å². The van der Waals surface area contributed by atoms with E-state index in [0.29, 0.717) is 18.0 Å². The molecule has 0 saturated carbocycles. The van der Waals surface area contributed by atoms with Gasteiger partial charge in [-0.1, -0.05) is 6.07 Å². The average Bonchev–Trinajstić information content (AvgIpc) is 2.61. The van der Waals surface area contributed by atoms with Crippen molar-refractivity contribution in [3.8, 4) is 11.5 Å². The molecule has 134 valence electrons. The molecule has 0 unspecified atom stereocenters. The van der Waals surface area contributed by atoms with Gasteiger partial charge in [-0.2, -0.15) is 0 Å². The van der Waals surface area contributed by atoms with Crippen LogP contribution in [0.15, 0.2) is 18.2 Å². The summed E-state index contributed by atoms with van der Waals surface area (Å²) in [5.41, 5.74) is 0.267. The minimum absolute atomic E-state index is 0.0184. The fraction of sp³-hybridized carbons (Fsp3) is 0.611.